The van der Waals surface area contributed by atoms with Crippen LogP contribution in [-0.2, 0) is 0 Å². The molecule has 2 N–H and O–H groups in total. The van der Waals surface area contributed by atoms with Crippen molar-refractivity contribution in [1.29, 1.82) is 0 Å². The Bertz CT molecular complexity index is 134. The summed E-state index contributed by atoms with van der Waals surface area (Å²) >= 11 is 0. The van der Waals surface area contributed by atoms with Gasteiger partial charge in [-0.15, -0.1) is 0 Å². The Morgan fingerprint density at radius 2 is 2.00 bits per heavy atom. The van der Waals surface area contributed by atoms with E-state index in [-0.39, 0.29) is 5.92 Å². The maximum absolute atomic E-state index is 9.15. The minimum absolute atomic E-state index is 0.124. The van der Waals surface area contributed by atoms with Crippen LogP contribution in [0.3, 0.4) is 0 Å². The second kappa shape index (κ2) is 4.24. The Morgan fingerprint density at radius 1 is 1.33 bits per heavy atom. The summed E-state index contributed by atoms with van der Waals surface area (Å²) in [7, 11) is 0. The molecule has 1 aliphatic rings. The SMILES string of the molecule is CCC1CCC(C)CC1C(O)O. The van der Waals surface area contributed by atoms with E-state index in [0.29, 0.717) is 11.8 Å². The number of hydrogen-bond donors (Lipinski definition) is 2. The third kappa shape index (κ3) is 2.20. The molecule has 1 fully saturated rings. The number of aliphatic hydroxyl groups is 2. The summed E-state index contributed by atoms with van der Waals surface area (Å²) in [6.07, 6.45) is 3.38. The molecule has 1 saturated carbocycles. The minimum atomic E-state index is -1.10. The standard InChI is InChI=1S/C10H20O2/c1-3-8-5-4-7(2)6-9(8)10(11)12/h7-12H,3-6H2,1-2H3. The van der Waals surface area contributed by atoms with Gasteiger partial charge in [0.15, 0.2) is 6.29 Å². The predicted molar refractivity (Wildman–Crippen MR) is 48.5 cm³/mol. The fourth-order valence-electron chi connectivity index (χ4n) is 2.36. The van der Waals surface area contributed by atoms with Gasteiger partial charge in [-0.05, 0) is 24.7 Å². The molecular formula is C10H20O2. The van der Waals surface area contributed by atoms with Crippen LogP contribution in [0, 0.1) is 17.8 Å². The molecule has 2 nitrogen and oxygen atoms in total. The molecule has 0 saturated heterocycles. The summed E-state index contributed by atoms with van der Waals surface area (Å²) in [6.45, 7) is 4.33. The fourth-order valence-corrected chi connectivity index (χ4v) is 2.36. The van der Waals surface area contributed by atoms with E-state index in [1.54, 1.807) is 0 Å². The van der Waals surface area contributed by atoms with Gasteiger partial charge in [0.2, 0.25) is 0 Å². The van der Waals surface area contributed by atoms with Crippen LogP contribution in [0.25, 0.3) is 0 Å². The van der Waals surface area contributed by atoms with Crippen molar-refractivity contribution in [1.82, 2.24) is 0 Å². The second-order valence-electron chi connectivity index (χ2n) is 4.16. The lowest BCUT2D eigenvalue weighted by Gasteiger charge is -2.35. The largest absolute Gasteiger partial charge is 0.368 e. The first-order valence-corrected chi connectivity index (χ1v) is 5.01. The van der Waals surface area contributed by atoms with Gasteiger partial charge in [-0.2, -0.15) is 0 Å². The molecule has 2 heteroatoms. The molecule has 0 spiro atoms. The number of hydrogen-bond acceptors (Lipinski definition) is 2. The number of aliphatic hydroxyl groups excluding tert-OH is 1. The van der Waals surface area contributed by atoms with Crippen molar-refractivity contribution < 1.29 is 10.2 Å². The zero-order valence-electron chi connectivity index (χ0n) is 8.03. The molecule has 0 heterocycles. The summed E-state index contributed by atoms with van der Waals surface area (Å²) in [6, 6.07) is 0. The third-order valence-corrected chi connectivity index (χ3v) is 3.22. The molecule has 0 aliphatic heterocycles. The fraction of sp³-hybridized carbons (Fsp3) is 1.00. The molecule has 3 unspecified atom stereocenters. The Balaban J connectivity index is 2.52. The highest BCUT2D eigenvalue weighted by molar-refractivity contribution is 4.78. The van der Waals surface area contributed by atoms with E-state index in [1.165, 1.54) is 12.8 Å². The lowest BCUT2D eigenvalue weighted by molar-refractivity contribution is -0.116. The van der Waals surface area contributed by atoms with E-state index in [2.05, 4.69) is 13.8 Å². The third-order valence-electron chi connectivity index (χ3n) is 3.22. The van der Waals surface area contributed by atoms with E-state index < -0.39 is 6.29 Å². The van der Waals surface area contributed by atoms with Crippen LogP contribution in [0.5, 0.6) is 0 Å². The monoisotopic (exact) mass is 172 g/mol. The molecule has 0 bridgehead atoms. The maximum atomic E-state index is 9.15. The molecule has 0 aromatic rings. The zero-order chi connectivity index (χ0) is 9.14. The van der Waals surface area contributed by atoms with Crippen LogP contribution in [0.1, 0.15) is 39.5 Å². The normalized spacial score (nSPS) is 37.2. The molecule has 0 amide bonds. The first kappa shape index (κ1) is 10.0. The summed E-state index contributed by atoms with van der Waals surface area (Å²) in [5, 5.41) is 18.3. The first-order valence-electron chi connectivity index (χ1n) is 5.01. The van der Waals surface area contributed by atoms with Gasteiger partial charge in [-0.1, -0.05) is 26.7 Å². The van der Waals surface area contributed by atoms with Gasteiger partial charge in [0.25, 0.3) is 0 Å². The van der Waals surface area contributed by atoms with E-state index in [0.717, 1.165) is 12.8 Å². The summed E-state index contributed by atoms with van der Waals surface area (Å²) in [5.74, 6) is 1.32. The van der Waals surface area contributed by atoms with Gasteiger partial charge in [-0.25, -0.2) is 0 Å². The van der Waals surface area contributed by atoms with E-state index in [9.17, 15) is 0 Å². The van der Waals surface area contributed by atoms with Gasteiger partial charge in [0.1, 0.15) is 0 Å². The predicted octanol–water partition coefficient (Wildman–Crippen LogP) is 1.76. The average Bonchev–Trinajstić information content (AvgIpc) is 2.04. The molecule has 0 radical (unpaired) electrons. The molecule has 1 rings (SSSR count). The smallest absolute Gasteiger partial charge is 0.154 e. The van der Waals surface area contributed by atoms with Crippen LogP contribution in [-0.4, -0.2) is 16.5 Å². The Morgan fingerprint density at radius 3 is 2.50 bits per heavy atom. The highest BCUT2D eigenvalue weighted by Crippen LogP contribution is 2.36. The molecule has 0 aromatic carbocycles. The lowest BCUT2D eigenvalue weighted by Crippen LogP contribution is -2.32. The van der Waals surface area contributed by atoms with Crippen molar-refractivity contribution in [3.05, 3.63) is 0 Å². The van der Waals surface area contributed by atoms with Crippen LogP contribution in [0.4, 0.5) is 0 Å². The average molecular weight is 172 g/mol. The number of rotatable bonds is 2. The Kier molecular flexibility index (Phi) is 3.53. The molecule has 1 aliphatic carbocycles. The zero-order valence-corrected chi connectivity index (χ0v) is 8.03. The van der Waals surface area contributed by atoms with Crippen LogP contribution in [0.15, 0.2) is 0 Å². The molecule has 0 aromatic heterocycles. The van der Waals surface area contributed by atoms with Crippen molar-refractivity contribution in [2.45, 2.75) is 45.8 Å². The van der Waals surface area contributed by atoms with E-state index >= 15 is 0 Å². The summed E-state index contributed by atoms with van der Waals surface area (Å²) in [4.78, 5) is 0. The molecular weight excluding hydrogens is 152 g/mol. The van der Waals surface area contributed by atoms with Crippen molar-refractivity contribution >= 4 is 0 Å². The molecule has 12 heavy (non-hydrogen) atoms. The summed E-state index contributed by atoms with van der Waals surface area (Å²) < 4.78 is 0. The topological polar surface area (TPSA) is 40.5 Å². The minimum Gasteiger partial charge on any atom is -0.368 e. The first-order chi connectivity index (χ1) is 5.65. The van der Waals surface area contributed by atoms with E-state index in [4.69, 9.17) is 10.2 Å². The van der Waals surface area contributed by atoms with Crippen LogP contribution < -0.4 is 0 Å². The van der Waals surface area contributed by atoms with Crippen molar-refractivity contribution in [3.63, 3.8) is 0 Å². The highest BCUT2D eigenvalue weighted by atomic mass is 16.5. The Hall–Kier alpha value is -0.0800. The van der Waals surface area contributed by atoms with Crippen molar-refractivity contribution in [2.24, 2.45) is 17.8 Å². The van der Waals surface area contributed by atoms with Gasteiger partial charge < -0.3 is 10.2 Å². The van der Waals surface area contributed by atoms with Gasteiger partial charge in [-0.3, -0.25) is 0 Å². The summed E-state index contributed by atoms with van der Waals surface area (Å²) in [5.41, 5.74) is 0. The maximum Gasteiger partial charge on any atom is 0.154 e. The second-order valence-corrected chi connectivity index (χ2v) is 4.16. The van der Waals surface area contributed by atoms with Crippen molar-refractivity contribution in [2.75, 3.05) is 0 Å². The van der Waals surface area contributed by atoms with Gasteiger partial charge in [0, 0.05) is 5.92 Å². The lowest BCUT2D eigenvalue weighted by atomic mass is 9.73. The van der Waals surface area contributed by atoms with Gasteiger partial charge >= 0.3 is 0 Å². The van der Waals surface area contributed by atoms with Crippen LogP contribution >= 0.6 is 0 Å². The van der Waals surface area contributed by atoms with E-state index in [1.807, 2.05) is 0 Å². The Labute approximate surface area is 74.6 Å². The molecule has 72 valence electrons. The van der Waals surface area contributed by atoms with Crippen molar-refractivity contribution in [3.8, 4) is 0 Å². The van der Waals surface area contributed by atoms with Gasteiger partial charge in [0.05, 0.1) is 0 Å². The van der Waals surface area contributed by atoms with Crippen LogP contribution in [0.2, 0.25) is 0 Å². The highest BCUT2D eigenvalue weighted by Gasteiger charge is 2.31. The molecule has 3 atom stereocenters. The quantitative estimate of drug-likeness (QED) is 0.623.